The molecule has 1 aromatic carbocycles. The van der Waals surface area contributed by atoms with Crippen LogP contribution in [0.15, 0.2) is 24.3 Å². The van der Waals surface area contributed by atoms with Crippen molar-refractivity contribution in [3.8, 4) is 0 Å². The maximum absolute atomic E-state index is 3.39. The molecule has 1 nitrogen and oxygen atoms in total. The summed E-state index contributed by atoms with van der Waals surface area (Å²) >= 11 is 0. The predicted octanol–water partition coefficient (Wildman–Crippen LogP) is 3.10. The van der Waals surface area contributed by atoms with Crippen LogP contribution in [0.1, 0.15) is 43.2 Å². The van der Waals surface area contributed by atoms with E-state index in [4.69, 9.17) is 0 Å². The molecule has 0 heterocycles. The van der Waals surface area contributed by atoms with Crippen LogP contribution in [0.3, 0.4) is 0 Å². The van der Waals surface area contributed by atoms with Gasteiger partial charge in [-0.05, 0) is 49.8 Å². The summed E-state index contributed by atoms with van der Waals surface area (Å²) in [7, 11) is 2.08. The molecule has 1 aliphatic carbocycles. The quantitative estimate of drug-likeness (QED) is 0.796. The van der Waals surface area contributed by atoms with Gasteiger partial charge in [0.1, 0.15) is 0 Å². The van der Waals surface area contributed by atoms with Crippen molar-refractivity contribution in [3.63, 3.8) is 0 Å². The first-order valence-corrected chi connectivity index (χ1v) is 6.09. The molecule has 0 amide bonds. The monoisotopic (exact) mass is 203 g/mol. The van der Waals surface area contributed by atoms with Gasteiger partial charge in [-0.1, -0.05) is 31.2 Å². The van der Waals surface area contributed by atoms with Crippen LogP contribution in [0, 0.1) is 0 Å². The second kappa shape index (κ2) is 4.80. The van der Waals surface area contributed by atoms with Gasteiger partial charge in [-0.3, -0.25) is 0 Å². The highest BCUT2D eigenvalue weighted by Crippen LogP contribution is 2.34. The fourth-order valence-corrected chi connectivity index (χ4v) is 2.61. The summed E-state index contributed by atoms with van der Waals surface area (Å²) in [5, 5.41) is 3.39. The Balaban J connectivity index is 2.09. The van der Waals surface area contributed by atoms with Gasteiger partial charge in [0, 0.05) is 6.04 Å². The van der Waals surface area contributed by atoms with E-state index in [2.05, 4.69) is 43.6 Å². The van der Waals surface area contributed by atoms with Gasteiger partial charge in [0.05, 0.1) is 0 Å². The van der Waals surface area contributed by atoms with Gasteiger partial charge in [-0.15, -0.1) is 0 Å². The van der Waals surface area contributed by atoms with E-state index in [9.17, 15) is 0 Å². The maximum atomic E-state index is 3.39. The molecule has 0 radical (unpaired) electrons. The molecule has 1 aliphatic rings. The summed E-state index contributed by atoms with van der Waals surface area (Å²) in [4.78, 5) is 0. The third-order valence-corrected chi connectivity index (χ3v) is 3.67. The standard InChI is InChI=1S/C14H21N/c1-3-11-5-4-6-12(9-11)13-7-8-14(10-13)15-2/h4-6,9,13-15H,3,7-8,10H2,1-2H3. The maximum Gasteiger partial charge on any atom is 0.00701 e. The Hall–Kier alpha value is -0.820. The molecule has 1 aromatic rings. The second-order valence-electron chi connectivity index (χ2n) is 4.59. The Kier molecular flexibility index (Phi) is 3.42. The molecule has 2 rings (SSSR count). The normalized spacial score (nSPS) is 25.7. The largest absolute Gasteiger partial charge is 0.317 e. The van der Waals surface area contributed by atoms with Crippen LogP contribution in [0.4, 0.5) is 0 Å². The summed E-state index contributed by atoms with van der Waals surface area (Å²) in [6.07, 6.45) is 5.13. The molecule has 0 aromatic heterocycles. The van der Waals surface area contributed by atoms with Gasteiger partial charge in [0.2, 0.25) is 0 Å². The van der Waals surface area contributed by atoms with E-state index in [1.807, 2.05) is 0 Å². The van der Waals surface area contributed by atoms with Gasteiger partial charge in [-0.25, -0.2) is 0 Å². The molecule has 0 spiro atoms. The van der Waals surface area contributed by atoms with Crippen molar-refractivity contribution in [2.75, 3.05) is 7.05 Å². The summed E-state index contributed by atoms with van der Waals surface area (Å²) < 4.78 is 0. The molecule has 0 saturated heterocycles. The van der Waals surface area contributed by atoms with Crippen LogP contribution in [-0.4, -0.2) is 13.1 Å². The fourth-order valence-electron chi connectivity index (χ4n) is 2.61. The number of nitrogens with one attached hydrogen (secondary N) is 1. The van der Waals surface area contributed by atoms with Crippen molar-refractivity contribution in [1.82, 2.24) is 5.32 Å². The van der Waals surface area contributed by atoms with E-state index in [1.165, 1.54) is 24.8 Å². The Morgan fingerprint density at radius 1 is 1.33 bits per heavy atom. The van der Waals surface area contributed by atoms with E-state index in [1.54, 1.807) is 5.56 Å². The molecular formula is C14H21N. The topological polar surface area (TPSA) is 12.0 Å². The van der Waals surface area contributed by atoms with Crippen molar-refractivity contribution in [3.05, 3.63) is 35.4 Å². The first-order chi connectivity index (χ1) is 7.33. The summed E-state index contributed by atoms with van der Waals surface area (Å²) in [6, 6.07) is 9.86. The molecule has 1 saturated carbocycles. The van der Waals surface area contributed by atoms with Crippen LogP contribution in [0.5, 0.6) is 0 Å². The number of hydrogen-bond donors (Lipinski definition) is 1. The van der Waals surface area contributed by atoms with Gasteiger partial charge in [-0.2, -0.15) is 0 Å². The summed E-state index contributed by atoms with van der Waals surface area (Å²) in [5.41, 5.74) is 3.02. The highest BCUT2D eigenvalue weighted by atomic mass is 14.9. The molecule has 2 unspecified atom stereocenters. The Bertz CT molecular complexity index is 319. The number of aryl methyl sites for hydroxylation is 1. The lowest BCUT2D eigenvalue weighted by molar-refractivity contribution is 0.572. The minimum Gasteiger partial charge on any atom is -0.317 e. The van der Waals surface area contributed by atoms with Crippen molar-refractivity contribution >= 4 is 0 Å². The molecular weight excluding hydrogens is 182 g/mol. The first-order valence-electron chi connectivity index (χ1n) is 6.09. The zero-order valence-electron chi connectivity index (χ0n) is 9.79. The third kappa shape index (κ3) is 2.40. The number of benzene rings is 1. The smallest absolute Gasteiger partial charge is 0.00701 e. The average molecular weight is 203 g/mol. The van der Waals surface area contributed by atoms with Gasteiger partial charge in [0.25, 0.3) is 0 Å². The third-order valence-electron chi connectivity index (χ3n) is 3.67. The number of hydrogen-bond acceptors (Lipinski definition) is 1. The lowest BCUT2D eigenvalue weighted by Gasteiger charge is -2.12. The summed E-state index contributed by atoms with van der Waals surface area (Å²) in [5.74, 6) is 0.786. The molecule has 0 bridgehead atoms. The molecule has 0 aliphatic heterocycles. The van der Waals surface area contributed by atoms with Crippen molar-refractivity contribution in [1.29, 1.82) is 0 Å². The molecule has 1 fully saturated rings. The molecule has 15 heavy (non-hydrogen) atoms. The summed E-state index contributed by atoms with van der Waals surface area (Å²) in [6.45, 7) is 2.23. The Morgan fingerprint density at radius 2 is 2.20 bits per heavy atom. The van der Waals surface area contributed by atoms with Gasteiger partial charge >= 0.3 is 0 Å². The Labute approximate surface area is 92.9 Å². The van der Waals surface area contributed by atoms with Crippen molar-refractivity contribution in [2.45, 2.75) is 44.6 Å². The Morgan fingerprint density at radius 3 is 2.87 bits per heavy atom. The van der Waals surface area contributed by atoms with Crippen LogP contribution < -0.4 is 5.32 Å². The average Bonchev–Trinajstić information content (AvgIpc) is 2.78. The highest BCUT2D eigenvalue weighted by molar-refractivity contribution is 5.27. The zero-order valence-corrected chi connectivity index (χ0v) is 9.79. The second-order valence-corrected chi connectivity index (χ2v) is 4.59. The first kappa shape index (κ1) is 10.7. The van der Waals surface area contributed by atoms with Gasteiger partial charge < -0.3 is 5.32 Å². The van der Waals surface area contributed by atoms with Crippen LogP contribution in [0.2, 0.25) is 0 Å². The number of rotatable bonds is 3. The van der Waals surface area contributed by atoms with Gasteiger partial charge in [0.15, 0.2) is 0 Å². The lowest BCUT2D eigenvalue weighted by Crippen LogP contribution is -2.21. The van der Waals surface area contributed by atoms with Crippen LogP contribution >= 0.6 is 0 Å². The van der Waals surface area contributed by atoms with E-state index >= 15 is 0 Å². The zero-order chi connectivity index (χ0) is 10.7. The van der Waals surface area contributed by atoms with E-state index in [-0.39, 0.29) is 0 Å². The van der Waals surface area contributed by atoms with Crippen LogP contribution in [-0.2, 0) is 6.42 Å². The highest BCUT2D eigenvalue weighted by Gasteiger charge is 2.24. The van der Waals surface area contributed by atoms with E-state index in [0.29, 0.717) is 0 Å². The fraction of sp³-hybridized carbons (Fsp3) is 0.571. The molecule has 82 valence electrons. The molecule has 1 heteroatoms. The minimum atomic E-state index is 0.736. The van der Waals surface area contributed by atoms with Crippen LogP contribution in [0.25, 0.3) is 0 Å². The lowest BCUT2D eigenvalue weighted by atomic mass is 9.95. The minimum absolute atomic E-state index is 0.736. The predicted molar refractivity (Wildman–Crippen MR) is 65.3 cm³/mol. The van der Waals surface area contributed by atoms with E-state index < -0.39 is 0 Å². The van der Waals surface area contributed by atoms with Crippen molar-refractivity contribution < 1.29 is 0 Å². The molecule has 1 N–H and O–H groups in total. The van der Waals surface area contributed by atoms with E-state index in [0.717, 1.165) is 18.4 Å². The van der Waals surface area contributed by atoms with Crippen molar-refractivity contribution in [2.24, 2.45) is 0 Å². The molecule has 2 atom stereocenters. The SMILES string of the molecule is CCc1cccc(C2CCC(NC)C2)c1.